The van der Waals surface area contributed by atoms with Crippen molar-refractivity contribution in [3.8, 4) is 0 Å². The Kier molecular flexibility index (Phi) is 4.85. The Hall–Kier alpha value is -1.92. The van der Waals surface area contributed by atoms with Crippen LogP contribution in [0.25, 0.3) is 10.8 Å². The van der Waals surface area contributed by atoms with Crippen LogP contribution < -0.4 is 5.32 Å². The highest BCUT2D eigenvalue weighted by Gasteiger charge is 2.43. The van der Waals surface area contributed by atoms with E-state index in [4.69, 9.17) is 16.3 Å². The summed E-state index contributed by atoms with van der Waals surface area (Å²) in [5, 5.41) is 14.4. The van der Waals surface area contributed by atoms with E-state index >= 15 is 0 Å². The second kappa shape index (κ2) is 7.48. The van der Waals surface area contributed by atoms with E-state index in [1.54, 1.807) is 0 Å². The van der Waals surface area contributed by atoms with Gasteiger partial charge in [0, 0.05) is 49.0 Å². The zero-order valence-corrected chi connectivity index (χ0v) is 16.6. The second-order valence-electron chi connectivity index (χ2n) is 8.35. The van der Waals surface area contributed by atoms with E-state index in [1.807, 2.05) is 24.3 Å². The minimum atomic E-state index is 0.164. The van der Waals surface area contributed by atoms with Crippen molar-refractivity contribution in [2.45, 2.75) is 31.7 Å². The Bertz CT molecular complexity index is 872. The molecule has 3 aliphatic rings. The van der Waals surface area contributed by atoms with Crippen LogP contribution in [0.15, 0.2) is 24.3 Å². The van der Waals surface area contributed by atoms with Crippen LogP contribution in [0.4, 0.5) is 5.82 Å². The number of nitrogens with one attached hydrogen (secondary N) is 1. The molecule has 3 heterocycles. The van der Waals surface area contributed by atoms with Crippen LogP contribution in [0.2, 0.25) is 5.15 Å². The molecule has 2 aromatic rings. The fraction of sp³-hybridized carbons (Fsp3) is 0.571. The van der Waals surface area contributed by atoms with E-state index in [0.717, 1.165) is 68.6 Å². The van der Waals surface area contributed by atoms with Gasteiger partial charge in [-0.25, -0.2) is 0 Å². The highest BCUT2D eigenvalue weighted by molar-refractivity contribution is 6.34. The molecule has 28 heavy (non-hydrogen) atoms. The smallest absolute Gasteiger partial charge is 0.225 e. The zero-order valence-electron chi connectivity index (χ0n) is 15.8. The van der Waals surface area contributed by atoms with Gasteiger partial charge < -0.3 is 15.0 Å². The first kappa shape index (κ1) is 18.1. The first-order chi connectivity index (χ1) is 13.7. The van der Waals surface area contributed by atoms with Gasteiger partial charge >= 0.3 is 0 Å². The standard InChI is InChI=1S/C21H25ClN4O2/c22-19-17-3-1-2-4-18(17)20(25-24-19)23-16-9-14-11-26(12-15(14)10-16)21(27)13-5-7-28-8-6-13/h1-4,13-16H,5-12H2,(H,23,25)/t14-,15?,16+/m1/s1. The molecule has 1 saturated carbocycles. The Morgan fingerprint density at radius 1 is 1.07 bits per heavy atom. The Morgan fingerprint density at radius 2 is 1.75 bits per heavy atom. The topological polar surface area (TPSA) is 67.3 Å². The molecule has 1 amide bonds. The SMILES string of the molecule is O=C(C1CCOCC1)N1CC2C[C@@H](Nc3nnc(Cl)c4ccccc34)C[C@@H]2C1. The number of aromatic nitrogens is 2. The lowest BCUT2D eigenvalue weighted by atomic mass is 9.98. The van der Waals surface area contributed by atoms with E-state index < -0.39 is 0 Å². The fourth-order valence-corrected chi connectivity index (χ4v) is 5.37. The molecule has 6 nitrogen and oxygen atoms in total. The zero-order chi connectivity index (χ0) is 19.1. The lowest BCUT2D eigenvalue weighted by Crippen LogP contribution is -2.38. The molecule has 3 atom stereocenters. The van der Waals surface area contributed by atoms with Gasteiger partial charge in [-0.1, -0.05) is 35.9 Å². The third-order valence-electron chi connectivity index (χ3n) is 6.62. The van der Waals surface area contributed by atoms with E-state index in [1.165, 1.54) is 0 Å². The van der Waals surface area contributed by atoms with Crippen LogP contribution in [0, 0.1) is 17.8 Å². The lowest BCUT2D eigenvalue weighted by Gasteiger charge is -2.27. The summed E-state index contributed by atoms with van der Waals surface area (Å²) in [5.74, 6) is 2.47. The van der Waals surface area contributed by atoms with Gasteiger partial charge in [-0.2, -0.15) is 0 Å². The number of anilines is 1. The maximum atomic E-state index is 12.8. The predicted molar refractivity (Wildman–Crippen MR) is 108 cm³/mol. The number of carbonyl (C=O) groups excluding carboxylic acids is 1. The molecule has 0 spiro atoms. The van der Waals surface area contributed by atoms with Crippen molar-refractivity contribution in [2.75, 3.05) is 31.6 Å². The van der Waals surface area contributed by atoms with Gasteiger partial charge in [0.25, 0.3) is 0 Å². The molecule has 1 aromatic heterocycles. The highest BCUT2D eigenvalue weighted by Crippen LogP contribution is 2.40. The van der Waals surface area contributed by atoms with Gasteiger partial charge in [0.15, 0.2) is 11.0 Å². The normalized spacial score (nSPS) is 27.9. The van der Waals surface area contributed by atoms with Gasteiger partial charge in [0.1, 0.15) is 0 Å². The summed E-state index contributed by atoms with van der Waals surface area (Å²) in [5.41, 5.74) is 0. The number of amides is 1. The minimum absolute atomic E-state index is 0.164. The summed E-state index contributed by atoms with van der Waals surface area (Å²) in [7, 11) is 0. The molecule has 2 saturated heterocycles. The number of halogens is 1. The van der Waals surface area contributed by atoms with E-state index in [0.29, 0.717) is 28.9 Å². The minimum Gasteiger partial charge on any atom is -0.381 e. The van der Waals surface area contributed by atoms with Crippen LogP contribution in [0.5, 0.6) is 0 Å². The maximum Gasteiger partial charge on any atom is 0.225 e. The van der Waals surface area contributed by atoms with Gasteiger partial charge in [-0.15, -0.1) is 10.2 Å². The van der Waals surface area contributed by atoms with E-state index in [9.17, 15) is 4.79 Å². The molecule has 0 bridgehead atoms. The number of rotatable bonds is 3. The molecule has 7 heteroatoms. The number of likely N-dealkylation sites (tertiary alicyclic amines) is 1. The summed E-state index contributed by atoms with van der Waals surface area (Å²) < 4.78 is 5.40. The second-order valence-corrected chi connectivity index (χ2v) is 8.71. The van der Waals surface area contributed by atoms with Crippen molar-refractivity contribution in [1.82, 2.24) is 15.1 Å². The van der Waals surface area contributed by atoms with Gasteiger partial charge in [0.2, 0.25) is 5.91 Å². The summed E-state index contributed by atoms with van der Waals surface area (Å²) in [4.78, 5) is 14.9. The number of ether oxygens (including phenoxy) is 1. The summed E-state index contributed by atoms with van der Waals surface area (Å²) in [6.45, 7) is 3.23. The van der Waals surface area contributed by atoms with Gasteiger partial charge in [0.05, 0.1) is 0 Å². The van der Waals surface area contributed by atoms with Crippen molar-refractivity contribution in [2.24, 2.45) is 17.8 Å². The van der Waals surface area contributed by atoms with Crippen molar-refractivity contribution < 1.29 is 9.53 Å². The molecule has 2 aliphatic heterocycles. The Balaban J connectivity index is 1.23. The number of hydrogen-bond acceptors (Lipinski definition) is 5. The first-order valence-corrected chi connectivity index (χ1v) is 10.6. The molecule has 1 aromatic carbocycles. The third kappa shape index (κ3) is 3.33. The monoisotopic (exact) mass is 400 g/mol. The fourth-order valence-electron chi connectivity index (χ4n) is 5.17. The van der Waals surface area contributed by atoms with E-state index in [2.05, 4.69) is 20.4 Å². The number of fused-ring (bicyclic) bond motifs is 2. The summed E-state index contributed by atoms with van der Waals surface area (Å²) in [6, 6.07) is 8.33. The van der Waals surface area contributed by atoms with Crippen LogP contribution in [0.1, 0.15) is 25.7 Å². The molecule has 148 valence electrons. The highest BCUT2D eigenvalue weighted by atomic mass is 35.5. The maximum absolute atomic E-state index is 12.8. The van der Waals surface area contributed by atoms with Crippen molar-refractivity contribution in [3.05, 3.63) is 29.4 Å². The van der Waals surface area contributed by atoms with Crippen molar-refractivity contribution >= 4 is 34.1 Å². The quantitative estimate of drug-likeness (QED) is 0.855. The molecule has 3 fully saturated rings. The average molecular weight is 401 g/mol. The first-order valence-electron chi connectivity index (χ1n) is 10.2. The Morgan fingerprint density at radius 3 is 2.46 bits per heavy atom. The van der Waals surface area contributed by atoms with Gasteiger partial charge in [-0.3, -0.25) is 4.79 Å². The number of benzene rings is 1. The number of nitrogens with zero attached hydrogens (tertiary/aromatic N) is 3. The number of carbonyl (C=O) groups is 1. The lowest BCUT2D eigenvalue weighted by molar-refractivity contribution is -0.137. The molecular weight excluding hydrogens is 376 g/mol. The average Bonchev–Trinajstić information content (AvgIpc) is 3.29. The van der Waals surface area contributed by atoms with Gasteiger partial charge in [-0.05, 0) is 37.5 Å². The van der Waals surface area contributed by atoms with Crippen LogP contribution in [0.3, 0.4) is 0 Å². The molecule has 0 radical (unpaired) electrons. The summed E-state index contributed by atoms with van der Waals surface area (Å²) >= 11 is 6.19. The predicted octanol–water partition coefficient (Wildman–Crippen LogP) is 3.36. The van der Waals surface area contributed by atoms with Crippen molar-refractivity contribution in [3.63, 3.8) is 0 Å². The van der Waals surface area contributed by atoms with Crippen molar-refractivity contribution in [1.29, 1.82) is 0 Å². The molecule has 1 aliphatic carbocycles. The van der Waals surface area contributed by atoms with E-state index in [-0.39, 0.29) is 5.92 Å². The van der Waals surface area contributed by atoms with Crippen LogP contribution in [-0.4, -0.2) is 53.3 Å². The molecule has 5 rings (SSSR count). The Labute approximate surface area is 169 Å². The molecular formula is C21H25ClN4O2. The molecule has 1 unspecified atom stereocenters. The summed E-state index contributed by atoms with van der Waals surface area (Å²) in [6.07, 6.45) is 3.88. The van der Waals surface area contributed by atoms with Crippen LogP contribution >= 0.6 is 11.6 Å². The number of hydrogen-bond donors (Lipinski definition) is 1. The third-order valence-corrected chi connectivity index (χ3v) is 6.90. The molecule has 1 N–H and O–H groups in total. The van der Waals surface area contributed by atoms with Crippen LogP contribution in [-0.2, 0) is 9.53 Å². The largest absolute Gasteiger partial charge is 0.381 e.